The van der Waals surface area contributed by atoms with Gasteiger partial charge in [-0.15, -0.1) is 21.5 Å². The number of fused-ring (bicyclic) bond motifs is 5. The Balaban J connectivity index is 1.99. The van der Waals surface area contributed by atoms with Crippen molar-refractivity contribution >= 4 is 27.2 Å². The summed E-state index contributed by atoms with van der Waals surface area (Å²) in [5, 5.41) is 9.80. The van der Waals surface area contributed by atoms with Gasteiger partial charge in [-0.05, 0) is 30.7 Å². The molecule has 0 aromatic carbocycles. The van der Waals surface area contributed by atoms with Crippen LogP contribution in [-0.2, 0) is 24.2 Å². The van der Waals surface area contributed by atoms with Crippen molar-refractivity contribution in [3.8, 4) is 0 Å². The van der Waals surface area contributed by atoms with Crippen LogP contribution in [0.4, 0.5) is 0 Å². The van der Waals surface area contributed by atoms with Crippen molar-refractivity contribution in [2.45, 2.75) is 32.8 Å². The SMILES string of the molecule is COCc1nnc2c3c4c(sc3ncn12)C[C@H](C)CC4. The van der Waals surface area contributed by atoms with Gasteiger partial charge in [0.25, 0.3) is 0 Å². The molecular weight excluding hydrogens is 272 g/mol. The van der Waals surface area contributed by atoms with Crippen LogP contribution in [0.5, 0.6) is 0 Å². The van der Waals surface area contributed by atoms with Gasteiger partial charge in [0.05, 0.1) is 5.39 Å². The van der Waals surface area contributed by atoms with Crippen LogP contribution in [0.25, 0.3) is 15.9 Å². The van der Waals surface area contributed by atoms with Gasteiger partial charge in [-0.25, -0.2) is 4.98 Å². The van der Waals surface area contributed by atoms with E-state index in [1.807, 2.05) is 22.1 Å². The summed E-state index contributed by atoms with van der Waals surface area (Å²) in [5.41, 5.74) is 2.37. The molecule has 20 heavy (non-hydrogen) atoms. The Morgan fingerprint density at radius 2 is 2.35 bits per heavy atom. The summed E-state index contributed by atoms with van der Waals surface area (Å²) in [6.07, 6.45) is 5.36. The lowest BCUT2D eigenvalue weighted by molar-refractivity contribution is 0.177. The number of methoxy groups -OCH3 is 1. The molecule has 3 aromatic rings. The molecule has 104 valence electrons. The van der Waals surface area contributed by atoms with Crippen LogP contribution in [0, 0.1) is 5.92 Å². The number of rotatable bonds is 2. The number of ether oxygens (including phenoxy) is 1. The Hall–Kier alpha value is -1.53. The summed E-state index contributed by atoms with van der Waals surface area (Å²) in [7, 11) is 1.67. The molecule has 0 bridgehead atoms. The van der Waals surface area contributed by atoms with Crippen molar-refractivity contribution in [2.75, 3.05) is 7.11 Å². The van der Waals surface area contributed by atoms with E-state index in [0.29, 0.717) is 6.61 Å². The minimum absolute atomic E-state index is 0.456. The first-order valence-electron chi connectivity index (χ1n) is 6.89. The molecule has 5 nitrogen and oxygen atoms in total. The Labute approximate surface area is 120 Å². The zero-order chi connectivity index (χ0) is 13.7. The summed E-state index contributed by atoms with van der Waals surface area (Å²) in [6.45, 7) is 2.78. The summed E-state index contributed by atoms with van der Waals surface area (Å²) in [4.78, 5) is 7.17. The lowest BCUT2D eigenvalue weighted by Crippen LogP contribution is -2.08. The quantitative estimate of drug-likeness (QED) is 0.727. The Morgan fingerprint density at radius 3 is 3.20 bits per heavy atom. The highest BCUT2D eigenvalue weighted by atomic mass is 32.1. The van der Waals surface area contributed by atoms with Crippen molar-refractivity contribution in [1.29, 1.82) is 0 Å². The van der Waals surface area contributed by atoms with Crippen molar-refractivity contribution in [1.82, 2.24) is 19.6 Å². The monoisotopic (exact) mass is 288 g/mol. The molecule has 4 rings (SSSR count). The van der Waals surface area contributed by atoms with E-state index in [0.717, 1.165) is 28.6 Å². The Bertz CT molecular complexity index is 791. The molecule has 0 saturated carbocycles. The van der Waals surface area contributed by atoms with E-state index >= 15 is 0 Å². The highest BCUT2D eigenvalue weighted by molar-refractivity contribution is 7.19. The maximum absolute atomic E-state index is 5.17. The highest BCUT2D eigenvalue weighted by Gasteiger charge is 2.23. The third-order valence-corrected chi connectivity index (χ3v) is 5.21. The second-order valence-electron chi connectivity index (χ2n) is 5.52. The topological polar surface area (TPSA) is 52.3 Å². The first-order valence-corrected chi connectivity index (χ1v) is 7.71. The van der Waals surface area contributed by atoms with Gasteiger partial charge in [0.2, 0.25) is 0 Å². The van der Waals surface area contributed by atoms with Gasteiger partial charge in [-0.2, -0.15) is 0 Å². The van der Waals surface area contributed by atoms with Crippen molar-refractivity contribution in [3.05, 3.63) is 22.6 Å². The maximum atomic E-state index is 5.17. The summed E-state index contributed by atoms with van der Waals surface area (Å²) < 4.78 is 7.12. The molecule has 0 saturated heterocycles. The van der Waals surface area contributed by atoms with Crippen LogP contribution in [0.3, 0.4) is 0 Å². The Kier molecular flexibility index (Phi) is 2.75. The lowest BCUT2D eigenvalue weighted by atomic mass is 9.89. The van der Waals surface area contributed by atoms with Crippen LogP contribution in [0.2, 0.25) is 0 Å². The van der Waals surface area contributed by atoms with E-state index in [1.54, 1.807) is 7.11 Å². The normalized spacial score (nSPS) is 18.8. The molecule has 0 radical (unpaired) electrons. The van der Waals surface area contributed by atoms with Gasteiger partial charge in [0, 0.05) is 12.0 Å². The number of aryl methyl sites for hydroxylation is 1. The molecule has 0 aliphatic heterocycles. The third kappa shape index (κ3) is 1.68. The smallest absolute Gasteiger partial charge is 0.172 e. The average Bonchev–Trinajstić information content (AvgIpc) is 2.99. The second-order valence-corrected chi connectivity index (χ2v) is 6.60. The molecule has 0 N–H and O–H groups in total. The number of thiophene rings is 1. The van der Waals surface area contributed by atoms with E-state index in [-0.39, 0.29) is 0 Å². The predicted octanol–water partition coefficient (Wildman–Crippen LogP) is 2.61. The fourth-order valence-corrected chi connectivity index (χ4v) is 4.36. The molecule has 1 atom stereocenters. The van der Waals surface area contributed by atoms with Crippen molar-refractivity contribution in [2.24, 2.45) is 5.92 Å². The van der Waals surface area contributed by atoms with E-state index in [4.69, 9.17) is 4.74 Å². The molecular formula is C14H16N4OS. The average molecular weight is 288 g/mol. The van der Waals surface area contributed by atoms with Gasteiger partial charge < -0.3 is 4.74 Å². The number of hydrogen-bond acceptors (Lipinski definition) is 5. The van der Waals surface area contributed by atoms with Gasteiger partial charge in [-0.1, -0.05) is 6.92 Å². The van der Waals surface area contributed by atoms with Crippen LogP contribution in [0.1, 0.15) is 29.6 Å². The van der Waals surface area contributed by atoms with E-state index in [9.17, 15) is 0 Å². The van der Waals surface area contributed by atoms with Crippen molar-refractivity contribution < 1.29 is 4.74 Å². The molecule has 0 fully saturated rings. The van der Waals surface area contributed by atoms with Crippen LogP contribution in [-0.4, -0.2) is 26.7 Å². The van der Waals surface area contributed by atoms with E-state index < -0.39 is 0 Å². The molecule has 0 spiro atoms. The minimum atomic E-state index is 0.456. The second kappa shape index (κ2) is 4.49. The fraction of sp³-hybridized carbons (Fsp3) is 0.500. The molecule has 0 amide bonds. The van der Waals surface area contributed by atoms with E-state index in [1.165, 1.54) is 28.7 Å². The fourth-order valence-electron chi connectivity index (χ4n) is 3.01. The summed E-state index contributed by atoms with van der Waals surface area (Å²) in [6, 6.07) is 0. The molecule has 6 heteroatoms. The first kappa shape index (κ1) is 12.2. The first-order chi connectivity index (χ1) is 9.78. The third-order valence-electron chi connectivity index (χ3n) is 4.05. The van der Waals surface area contributed by atoms with Crippen LogP contribution >= 0.6 is 11.3 Å². The standard InChI is InChI=1S/C14H16N4OS/c1-8-3-4-9-10(5-8)20-14-12(9)13-17-16-11(6-19-2)18(13)7-15-14/h7-8H,3-6H2,1-2H3/t8-/m1/s1. The summed E-state index contributed by atoms with van der Waals surface area (Å²) in [5.74, 6) is 1.58. The maximum Gasteiger partial charge on any atom is 0.172 e. The largest absolute Gasteiger partial charge is 0.377 e. The van der Waals surface area contributed by atoms with Crippen LogP contribution < -0.4 is 0 Å². The number of aromatic nitrogens is 4. The summed E-state index contributed by atoms with van der Waals surface area (Å²) >= 11 is 1.82. The Morgan fingerprint density at radius 1 is 1.45 bits per heavy atom. The van der Waals surface area contributed by atoms with Crippen molar-refractivity contribution in [3.63, 3.8) is 0 Å². The highest BCUT2D eigenvalue weighted by Crippen LogP contribution is 2.38. The molecule has 3 heterocycles. The molecule has 0 unspecified atom stereocenters. The lowest BCUT2D eigenvalue weighted by Gasteiger charge is -2.17. The minimum Gasteiger partial charge on any atom is -0.377 e. The van der Waals surface area contributed by atoms with E-state index in [2.05, 4.69) is 22.1 Å². The van der Waals surface area contributed by atoms with Gasteiger partial charge in [-0.3, -0.25) is 4.40 Å². The molecule has 1 aliphatic rings. The molecule has 1 aliphatic carbocycles. The van der Waals surface area contributed by atoms with Gasteiger partial charge in [0.15, 0.2) is 11.5 Å². The van der Waals surface area contributed by atoms with Crippen LogP contribution in [0.15, 0.2) is 6.33 Å². The van der Waals surface area contributed by atoms with Gasteiger partial charge >= 0.3 is 0 Å². The zero-order valence-corrected chi connectivity index (χ0v) is 12.4. The number of hydrogen-bond donors (Lipinski definition) is 0. The zero-order valence-electron chi connectivity index (χ0n) is 11.6. The molecule has 3 aromatic heterocycles. The number of nitrogens with zero attached hydrogens (tertiary/aromatic N) is 4. The predicted molar refractivity (Wildman–Crippen MR) is 78.1 cm³/mol. The van der Waals surface area contributed by atoms with Gasteiger partial charge in [0.1, 0.15) is 17.8 Å².